The molecule has 3 aromatic carbocycles. The van der Waals surface area contributed by atoms with Crippen molar-refractivity contribution in [3.05, 3.63) is 77.4 Å². The summed E-state index contributed by atoms with van der Waals surface area (Å²) in [5.41, 5.74) is 3.00. The van der Waals surface area contributed by atoms with Crippen LogP contribution < -0.4 is 19.5 Å². The number of aryl methyl sites for hydroxylation is 1. The van der Waals surface area contributed by atoms with Crippen LogP contribution in [-0.4, -0.2) is 24.7 Å². The van der Waals surface area contributed by atoms with E-state index in [2.05, 4.69) is 10.0 Å². The number of halogens is 1. The zero-order valence-electron chi connectivity index (χ0n) is 17.8. The zero-order valence-corrected chi connectivity index (χ0v) is 19.4. The number of aromatic nitrogens is 1. The van der Waals surface area contributed by atoms with Gasteiger partial charge in [-0.15, -0.1) is 0 Å². The van der Waals surface area contributed by atoms with E-state index in [-0.39, 0.29) is 5.91 Å². The number of carbonyl (C=O) groups excluding carboxylic acids is 1. The molecule has 32 heavy (non-hydrogen) atoms. The maximum absolute atomic E-state index is 12.9. The highest BCUT2D eigenvalue weighted by Crippen LogP contribution is 2.34. The van der Waals surface area contributed by atoms with E-state index in [1.807, 2.05) is 73.8 Å². The van der Waals surface area contributed by atoms with Crippen LogP contribution in [0.15, 0.2) is 71.6 Å². The second-order valence-corrected chi connectivity index (χ2v) is 8.30. The number of hydrogen-bond donors (Lipinski definition) is 2. The van der Waals surface area contributed by atoms with E-state index >= 15 is 0 Å². The number of ether oxygens (including phenoxy) is 2. The molecule has 6 nitrogen and oxygen atoms in total. The minimum absolute atomic E-state index is 0.215. The molecule has 1 amide bonds. The van der Waals surface area contributed by atoms with Crippen LogP contribution in [0.2, 0.25) is 5.02 Å². The van der Waals surface area contributed by atoms with Crippen molar-refractivity contribution in [3.63, 3.8) is 0 Å². The van der Waals surface area contributed by atoms with Crippen LogP contribution in [0.25, 0.3) is 10.9 Å². The maximum atomic E-state index is 12.9. The van der Waals surface area contributed by atoms with Gasteiger partial charge in [0.1, 0.15) is 17.2 Å². The predicted molar refractivity (Wildman–Crippen MR) is 131 cm³/mol. The second-order valence-electron chi connectivity index (χ2n) is 7.01. The molecule has 1 aromatic heterocycles. The van der Waals surface area contributed by atoms with Gasteiger partial charge in [-0.25, -0.2) is 0 Å². The van der Waals surface area contributed by atoms with E-state index in [0.717, 1.165) is 38.7 Å². The largest absolute Gasteiger partial charge is 0.497 e. The van der Waals surface area contributed by atoms with Gasteiger partial charge in [0.2, 0.25) is 0 Å². The van der Waals surface area contributed by atoms with Crippen LogP contribution >= 0.6 is 23.5 Å². The van der Waals surface area contributed by atoms with Crippen LogP contribution in [0.1, 0.15) is 10.5 Å². The number of methoxy groups -OCH3 is 2. The Kier molecular flexibility index (Phi) is 6.48. The first-order chi connectivity index (χ1) is 15.5. The monoisotopic (exact) mass is 467 g/mol. The van der Waals surface area contributed by atoms with Gasteiger partial charge in [0, 0.05) is 34.8 Å². The van der Waals surface area contributed by atoms with E-state index in [1.165, 1.54) is 11.9 Å². The molecule has 0 saturated carbocycles. The first-order valence-corrected chi connectivity index (χ1v) is 11.0. The van der Waals surface area contributed by atoms with Gasteiger partial charge in [-0.1, -0.05) is 17.7 Å². The molecule has 0 saturated heterocycles. The Labute approximate surface area is 195 Å². The Morgan fingerprint density at radius 2 is 1.72 bits per heavy atom. The summed E-state index contributed by atoms with van der Waals surface area (Å²) in [5.74, 6) is 1.30. The van der Waals surface area contributed by atoms with Crippen molar-refractivity contribution in [2.75, 3.05) is 19.5 Å². The minimum atomic E-state index is -0.215. The first-order valence-electron chi connectivity index (χ1n) is 9.80. The number of amides is 1. The highest BCUT2D eigenvalue weighted by atomic mass is 35.5. The summed E-state index contributed by atoms with van der Waals surface area (Å²) in [6.07, 6.45) is 0. The molecule has 0 aliphatic carbocycles. The Morgan fingerprint density at radius 3 is 2.44 bits per heavy atom. The van der Waals surface area contributed by atoms with E-state index in [0.29, 0.717) is 10.7 Å². The smallest absolute Gasteiger partial charge is 0.278 e. The van der Waals surface area contributed by atoms with Crippen LogP contribution in [0.4, 0.5) is 11.4 Å². The summed E-state index contributed by atoms with van der Waals surface area (Å²) in [6.45, 7) is 0. The van der Waals surface area contributed by atoms with Crippen LogP contribution in [-0.2, 0) is 7.05 Å². The van der Waals surface area contributed by atoms with Crippen molar-refractivity contribution in [2.45, 2.75) is 4.90 Å². The van der Waals surface area contributed by atoms with Crippen molar-refractivity contribution in [2.24, 2.45) is 7.05 Å². The molecule has 2 N–H and O–H groups in total. The lowest BCUT2D eigenvalue weighted by Gasteiger charge is -2.10. The molecule has 1 heterocycles. The van der Waals surface area contributed by atoms with Gasteiger partial charge in [0.15, 0.2) is 0 Å². The molecule has 8 heteroatoms. The fraction of sp³-hybridized carbons (Fsp3) is 0.125. The molecular formula is C24H22ClN3O3S. The number of nitrogens with one attached hydrogen (secondary N) is 2. The number of benzene rings is 3. The highest BCUT2D eigenvalue weighted by Gasteiger charge is 2.18. The van der Waals surface area contributed by atoms with E-state index in [9.17, 15) is 4.79 Å². The number of nitrogens with zero attached hydrogens (tertiary/aromatic N) is 1. The van der Waals surface area contributed by atoms with E-state index < -0.39 is 0 Å². The first kappa shape index (κ1) is 21.9. The Morgan fingerprint density at radius 1 is 0.969 bits per heavy atom. The molecule has 0 radical (unpaired) electrons. The van der Waals surface area contributed by atoms with Gasteiger partial charge in [0.25, 0.3) is 5.91 Å². The summed E-state index contributed by atoms with van der Waals surface area (Å²) >= 11 is 7.73. The molecule has 0 bridgehead atoms. The van der Waals surface area contributed by atoms with Crippen molar-refractivity contribution < 1.29 is 14.3 Å². The Balaban J connectivity index is 1.60. The predicted octanol–water partition coefficient (Wildman–Crippen LogP) is 6.03. The lowest BCUT2D eigenvalue weighted by atomic mass is 10.2. The number of anilines is 2. The van der Waals surface area contributed by atoms with Crippen LogP contribution in [0.5, 0.6) is 11.5 Å². The molecule has 164 valence electrons. The summed E-state index contributed by atoms with van der Waals surface area (Å²) < 4.78 is 15.2. The molecule has 4 aromatic rings. The number of carbonyl (C=O) groups is 1. The van der Waals surface area contributed by atoms with Crippen LogP contribution in [0.3, 0.4) is 0 Å². The second kappa shape index (κ2) is 9.46. The van der Waals surface area contributed by atoms with Gasteiger partial charge in [0.05, 0.1) is 24.8 Å². The number of hydrogen-bond acceptors (Lipinski definition) is 5. The Hall–Kier alpha value is -3.29. The van der Waals surface area contributed by atoms with Crippen molar-refractivity contribution >= 4 is 51.7 Å². The lowest BCUT2D eigenvalue weighted by molar-refractivity contribution is 0.0977. The van der Waals surface area contributed by atoms with Gasteiger partial charge < -0.3 is 19.4 Å². The fourth-order valence-corrected chi connectivity index (χ4v) is 4.29. The van der Waals surface area contributed by atoms with Gasteiger partial charge >= 0.3 is 0 Å². The minimum Gasteiger partial charge on any atom is -0.497 e. The van der Waals surface area contributed by atoms with Gasteiger partial charge in [-0.05, 0) is 66.5 Å². The Bertz CT molecular complexity index is 1270. The normalized spacial score (nSPS) is 10.8. The van der Waals surface area contributed by atoms with Crippen molar-refractivity contribution in [1.29, 1.82) is 0 Å². The standard InChI is InChI=1S/C24H22ClN3O3S/c1-28-22(24(29)27-32-18-9-7-16(30-2)8-10-18)14-19-21(12-11-20(25)23(19)28)26-15-5-4-6-17(13-15)31-3/h4-14,26H,1-3H3,(H,27,29). The number of fused-ring (bicyclic) bond motifs is 1. The SMILES string of the molecule is COc1ccc(SNC(=O)c2cc3c(Nc4cccc(OC)c4)ccc(Cl)c3n2C)cc1. The molecule has 0 aliphatic heterocycles. The molecule has 0 unspecified atom stereocenters. The lowest BCUT2D eigenvalue weighted by Crippen LogP contribution is -2.18. The summed E-state index contributed by atoms with van der Waals surface area (Å²) in [7, 11) is 5.08. The van der Waals surface area contributed by atoms with Gasteiger partial charge in [-0.3, -0.25) is 9.52 Å². The van der Waals surface area contributed by atoms with E-state index in [4.69, 9.17) is 21.1 Å². The molecule has 0 aliphatic rings. The third-order valence-electron chi connectivity index (χ3n) is 5.05. The molecular weight excluding hydrogens is 446 g/mol. The highest BCUT2D eigenvalue weighted by molar-refractivity contribution is 7.98. The fourth-order valence-electron chi connectivity index (χ4n) is 3.41. The zero-order chi connectivity index (χ0) is 22.7. The summed E-state index contributed by atoms with van der Waals surface area (Å²) in [6, 6.07) is 20.7. The summed E-state index contributed by atoms with van der Waals surface area (Å²) in [4.78, 5) is 13.8. The molecule has 0 atom stereocenters. The molecule has 0 fully saturated rings. The third-order valence-corrected chi connectivity index (χ3v) is 6.15. The van der Waals surface area contributed by atoms with Crippen molar-refractivity contribution in [3.8, 4) is 11.5 Å². The average Bonchev–Trinajstić information content (AvgIpc) is 3.18. The van der Waals surface area contributed by atoms with E-state index in [1.54, 1.807) is 18.8 Å². The van der Waals surface area contributed by atoms with Gasteiger partial charge in [-0.2, -0.15) is 0 Å². The third kappa shape index (κ3) is 4.49. The average molecular weight is 468 g/mol. The molecule has 4 rings (SSSR count). The molecule has 0 spiro atoms. The maximum Gasteiger partial charge on any atom is 0.278 e. The number of rotatable bonds is 7. The quantitative estimate of drug-likeness (QED) is 0.325. The van der Waals surface area contributed by atoms with Crippen LogP contribution in [0, 0.1) is 0 Å². The topological polar surface area (TPSA) is 64.5 Å². The van der Waals surface area contributed by atoms with Crippen molar-refractivity contribution in [1.82, 2.24) is 9.29 Å². The summed E-state index contributed by atoms with van der Waals surface area (Å²) in [5, 5.41) is 4.82.